The van der Waals surface area contributed by atoms with Crippen molar-refractivity contribution in [2.45, 2.75) is 13.3 Å². The maximum absolute atomic E-state index is 12.9. The third-order valence-electron chi connectivity index (χ3n) is 5.24. The lowest BCUT2D eigenvalue weighted by molar-refractivity contribution is -0.146. The van der Waals surface area contributed by atoms with E-state index in [1.165, 1.54) is 0 Å². The fourth-order valence-corrected chi connectivity index (χ4v) is 4.12. The molecule has 1 aromatic heterocycles. The molecule has 128 valence electrons. The van der Waals surface area contributed by atoms with E-state index in [4.69, 9.17) is 4.42 Å². The van der Waals surface area contributed by atoms with Crippen LogP contribution in [0.25, 0.3) is 11.3 Å². The van der Waals surface area contributed by atoms with Crippen molar-refractivity contribution >= 4 is 17.6 Å². The number of amides is 1. The van der Waals surface area contributed by atoms with E-state index >= 15 is 0 Å². The monoisotopic (exact) mass is 337 g/mol. The summed E-state index contributed by atoms with van der Waals surface area (Å²) in [4.78, 5) is 24.5. The van der Waals surface area contributed by atoms with Crippen molar-refractivity contribution in [2.24, 2.45) is 23.7 Å². The summed E-state index contributed by atoms with van der Waals surface area (Å²) in [5, 5.41) is 12.5. The molecule has 2 N–H and O–H groups in total. The Morgan fingerprint density at radius 2 is 1.80 bits per heavy atom. The van der Waals surface area contributed by atoms with Gasteiger partial charge in [0.25, 0.3) is 0 Å². The molecule has 0 aliphatic heterocycles. The van der Waals surface area contributed by atoms with Crippen molar-refractivity contribution in [3.8, 4) is 11.3 Å². The highest BCUT2D eigenvalue weighted by Gasteiger charge is 2.51. The molecule has 1 heterocycles. The minimum atomic E-state index is -0.896. The van der Waals surface area contributed by atoms with Gasteiger partial charge in [-0.1, -0.05) is 24.3 Å². The highest BCUT2D eigenvalue weighted by molar-refractivity contribution is 5.99. The SMILES string of the molecule is Cc1ccc(-c2ccccc2NC(=O)[C@@H]2[C@H](C(=O)O)[C@H]3C=C[C@H]2C3)o1. The first-order chi connectivity index (χ1) is 12.0. The predicted octanol–water partition coefficient (Wildman–Crippen LogP) is 3.72. The van der Waals surface area contributed by atoms with Gasteiger partial charge >= 0.3 is 5.97 Å². The maximum atomic E-state index is 12.9. The molecule has 4 rings (SSSR count). The van der Waals surface area contributed by atoms with Gasteiger partial charge in [-0.3, -0.25) is 9.59 Å². The van der Waals surface area contributed by atoms with E-state index in [1.807, 2.05) is 55.5 Å². The average molecular weight is 337 g/mol. The molecule has 2 aromatic rings. The van der Waals surface area contributed by atoms with Crippen LogP contribution in [0.4, 0.5) is 5.69 Å². The lowest BCUT2D eigenvalue weighted by Crippen LogP contribution is -2.36. The maximum Gasteiger partial charge on any atom is 0.307 e. The quantitative estimate of drug-likeness (QED) is 0.834. The van der Waals surface area contributed by atoms with Gasteiger partial charge < -0.3 is 14.8 Å². The molecule has 2 aliphatic carbocycles. The van der Waals surface area contributed by atoms with Crippen LogP contribution in [-0.4, -0.2) is 17.0 Å². The Morgan fingerprint density at radius 1 is 1.08 bits per heavy atom. The lowest BCUT2D eigenvalue weighted by atomic mass is 9.82. The molecular weight excluding hydrogens is 318 g/mol. The van der Waals surface area contributed by atoms with E-state index in [2.05, 4.69) is 5.32 Å². The first kappa shape index (κ1) is 15.7. The van der Waals surface area contributed by atoms with Gasteiger partial charge in [0.05, 0.1) is 17.5 Å². The summed E-state index contributed by atoms with van der Waals surface area (Å²) >= 11 is 0. The fraction of sp³-hybridized carbons (Fsp3) is 0.300. The van der Waals surface area contributed by atoms with E-state index in [0.29, 0.717) is 11.4 Å². The Kier molecular flexibility index (Phi) is 3.71. The van der Waals surface area contributed by atoms with Crippen LogP contribution in [0.2, 0.25) is 0 Å². The number of hydrogen-bond donors (Lipinski definition) is 2. The van der Waals surface area contributed by atoms with Gasteiger partial charge in [-0.15, -0.1) is 0 Å². The number of carboxylic acids is 1. The van der Waals surface area contributed by atoms with Crippen LogP contribution in [0.15, 0.2) is 53.0 Å². The van der Waals surface area contributed by atoms with Gasteiger partial charge in [0.15, 0.2) is 0 Å². The van der Waals surface area contributed by atoms with Crippen LogP contribution in [0.3, 0.4) is 0 Å². The van der Waals surface area contributed by atoms with Crippen LogP contribution >= 0.6 is 0 Å². The summed E-state index contributed by atoms with van der Waals surface area (Å²) < 4.78 is 5.67. The van der Waals surface area contributed by atoms with Crippen molar-refractivity contribution < 1.29 is 19.1 Å². The summed E-state index contributed by atoms with van der Waals surface area (Å²) in [6.07, 6.45) is 4.66. The van der Waals surface area contributed by atoms with Gasteiger partial charge in [-0.25, -0.2) is 0 Å². The van der Waals surface area contributed by atoms with E-state index in [9.17, 15) is 14.7 Å². The normalized spacial score (nSPS) is 26.8. The zero-order valence-corrected chi connectivity index (χ0v) is 13.8. The number of para-hydroxylation sites is 1. The average Bonchev–Trinajstić information content (AvgIpc) is 3.30. The summed E-state index contributed by atoms with van der Waals surface area (Å²) in [7, 11) is 0. The van der Waals surface area contributed by atoms with Gasteiger partial charge in [0.2, 0.25) is 5.91 Å². The third kappa shape index (κ3) is 2.65. The molecule has 25 heavy (non-hydrogen) atoms. The lowest BCUT2D eigenvalue weighted by Gasteiger charge is -2.24. The summed E-state index contributed by atoms with van der Waals surface area (Å²) in [5.74, 6) is -0.875. The van der Waals surface area contributed by atoms with Crippen molar-refractivity contribution in [1.29, 1.82) is 0 Å². The Hall–Kier alpha value is -2.82. The number of allylic oxidation sites excluding steroid dienone is 2. The third-order valence-corrected chi connectivity index (χ3v) is 5.24. The molecule has 2 aliphatic rings. The zero-order chi connectivity index (χ0) is 17.6. The Bertz CT molecular complexity index is 866. The molecule has 0 unspecified atom stereocenters. The first-order valence-electron chi connectivity index (χ1n) is 8.42. The summed E-state index contributed by atoms with van der Waals surface area (Å²) in [6, 6.07) is 11.1. The van der Waals surface area contributed by atoms with E-state index in [-0.39, 0.29) is 17.7 Å². The Morgan fingerprint density at radius 3 is 2.48 bits per heavy atom. The highest BCUT2D eigenvalue weighted by atomic mass is 16.4. The number of aliphatic carboxylic acids is 1. The van der Waals surface area contributed by atoms with E-state index in [0.717, 1.165) is 17.7 Å². The van der Waals surface area contributed by atoms with E-state index in [1.54, 1.807) is 0 Å². The van der Waals surface area contributed by atoms with Crippen LogP contribution in [0, 0.1) is 30.6 Å². The fourth-order valence-electron chi connectivity index (χ4n) is 4.12. The second-order valence-electron chi connectivity index (χ2n) is 6.78. The van der Waals surface area contributed by atoms with Crippen LogP contribution in [0.5, 0.6) is 0 Å². The topological polar surface area (TPSA) is 79.5 Å². The number of aryl methyl sites for hydroxylation is 1. The predicted molar refractivity (Wildman–Crippen MR) is 92.9 cm³/mol. The molecule has 1 saturated carbocycles. The molecule has 0 radical (unpaired) electrons. The number of hydrogen-bond acceptors (Lipinski definition) is 3. The molecule has 1 fully saturated rings. The molecule has 1 amide bonds. The van der Waals surface area contributed by atoms with Gasteiger partial charge in [-0.2, -0.15) is 0 Å². The molecule has 1 aromatic carbocycles. The molecule has 5 heteroatoms. The van der Waals surface area contributed by atoms with Crippen molar-refractivity contribution in [1.82, 2.24) is 0 Å². The van der Waals surface area contributed by atoms with Crippen LogP contribution < -0.4 is 5.32 Å². The van der Waals surface area contributed by atoms with Gasteiger partial charge in [0, 0.05) is 5.56 Å². The number of nitrogens with one attached hydrogen (secondary N) is 1. The van der Waals surface area contributed by atoms with Crippen molar-refractivity contribution in [3.63, 3.8) is 0 Å². The molecular formula is C20H19NO4. The second-order valence-corrected chi connectivity index (χ2v) is 6.78. The Balaban J connectivity index is 1.62. The van der Waals surface area contributed by atoms with Crippen LogP contribution in [0.1, 0.15) is 12.2 Å². The first-order valence-corrected chi connectivity index (χ1v) is 8.42. The number of furan rings is 1. The largest absolute Gasteiger partial charge is 0.481 e. The number of fused-ring (bicyclic) bond motifs is 2. The molecule has 0 spiro atoms. The molecule has 2 bridgehead atoms. The van der Waals surface area contributed by atoms with Crippen LogP contribution in [-0.2, 0) is 9.59 Å². The molecule has 4 atom stereocenters. The molecule has 5 nitrogen and oxygen atoms in total. The zero-order valence-electron chi connectivity index (χ0n) is 13.8. The van der Waals surface area contributed by atoms with Gasteiger partial charge in [0.1, 0.15) is 11.5 Å². The summed E-state index contributed by atoms with van der Waals surface area (Å²) in [6.45, 7) is 1.86. The highest BCUT2D eigenvalue weighted by Crippen LogP contribution is 2.48. The number of carboxylic acid groups (broad SMARTS) is 1. The number of benzene rings is 1. The van der Waals surface area contributed by atoms with E-state index < -0.39 is 17.8 Å². The van der Waals surface area contributed by atoms with Crippen molar-refractivity contribution in [2.75, 3.05) is 5.32 Å². The minimum absolute atomic E-state index is 0.00381. The van der Waals surface area contributed by atoms with Gasteiger partial charge in [-0.05, 0) is 49.4 Å². The number of carbonyl (C=O) groups excluding carboxylic acids is 1. The standard InChI is InChI=1S/C20H19NO4/c1-11-6-9-16(25-11)14-4-2-3-5-15(14)21-19(22)17-12-7-8-13(10-12)18(17)20(23)24/h2-9,12-13,17-18H,10H2,1H3,(H,21,22)(H,23,24)/t12-,13-,17-,18+/m0/s1. The summed E-state index contributed by atoms with van der Waals surface area (Å²) in [5.41, 5.74) is 1.42. The Labute approximate surface area is 145 Å². The minimum Gasteiger partial charge on any atom is -0.481 e. The second kappa shape index (κ2) is 5.92. The number of carbonyl (C=O) groups is 2. The number of rotatable bonds is 4. The number of anilines is 1. The van der Waals surface area contributed by atoms with Crippen molar-refractivity contribution in [3.05, 3.63) is 54.3 Å². The smallest absolute Gasteiger partial charge is 0.307 e. The molecule has 0 saturated heterocycles.